The lowest BCUT2D eigenvalue weighted by molar-refractivity contribution is -0.119. The van der Waals surface area contributed by atoms with Gasteiger partial charge in [-0.2, -0.15) is 5.10 Å². The van der Waals surface area contributed by atoms with Crippen LogP contribution >= 0.6 is 11.3 Å². The maximum absolute atomic E-state index is 12.0. The monoisotopic (exact) mass is 380 g/mol. The third kappa shape index (κ3) is 5.15. The van der Waals surface area contributed by atoms with Crippen molar-refractivity contribution in [3.8, 4) is 16.3 Å². The first-order valence-corrected chi connectivity index (χ1v) is 9.41. The zero-order valence-electron chi connectivity index (χ0n) is 14.9. The van der Waals surface area contributed by atoms with Crippen LogP contribution in [0, 0.1) is 0 Å². The number of benzene rings is 1. The minimum atomic E-state index is -0.218. The molecule has 6 nitrogen and oxygen atoms in total. The molecular weight excluding hydrogens is 360 g/mol. The Kier molecular flexibility index (Phi) is 6.17. The average Bonchev–Trinajstić information content (AvgIpc) is 3.33. The van der Waals surface area contributed by atoms with Gasteiger partial charge >= 0.3 is 0 Å². The molecule has 2 aromatic heterocycles. The van der Waals surface area contributed by atoms with E-state index in [2.05, 4.69) is 10.6 Å². The van der Waals surface area contributed by atoms with Gasteiger partial charge in [-0.15, -0.1) is 11.3 Å². The molecule has 0 aliphatic carbocycles. The predicted molar refractivity (Wildman–Crippen MR) is 108 cm³/mol. The Hall–Kier alpha value is -3.19. The number of rotatable bonds is 7. The van der Waals surface area contributed by atoms with Gasteiger partial charge < -0.3 is 10.6 Å². The minimum Gasteiger partial charge on any atom is -0.355 e. The van der Waals surface area contributed by atoms with Crippen molar-refractivity contribution in [3.05, 3.63) is 65.7 Å². The Bertz CT molecular complexity index is 930. The summed E-state index contributed by atoms with van der Waals surface area (Å²) < 4.78 is 1.81. The quantitative estimate of drug-likeness (QED) is 0.489. The van der Waals surface area contributed by atoms with Gasteiger partial charge in [-0.3, -0.25) is 9.59 Å². The van der Waals surface area contributed by atoms with Crippen LogP contribution in [0.5, 0.6) is 0 Å². The van der Waals surface area contributed by atoms with Crippen LogP contribution in [0.4, 0.5) is 0 Å². The fourth-order valence-electron chi connectivity index (χ4n) is 2.48. The van der Waals surface area contributed by atoms with Crippen LogP contribution in [0.1, 0.15) is 12.5 Å². The van der Waals surface area contributed by atoms with E-state index >= 15 is 0 Å². The third-order valence-electron chi connectivity index (χ3n) is 3.73. The van der Waals surface area contributed by atoms with E-state index in [4.69, 9.17) is 5.10 Å². The lowest BCUT2D eigenvalue weighted by atomic mass is 10.2. The minimum absolute atomic E-state index is 0.117. The number of hydrogen-bond acceptors (Lipinski definition) is 4. The number of nitrogens with one attached hydrogen (secondary N) is 2. The molecule has 138 valence electrons. The normalized spacial score (nSPS) is 10.9. The van der Waals surface area contributed by atoms with Gasteiger partial charge in [-0.1, -0.05) is 24.3 Å². The summed E-state index contributed by atoms with van der Waals surface area (Å²) in [6.07, 6.45) is 5.15. The summed E-state index contributed by atoms with van der Waals surface area (Å²) in [4.78, 5) is 23.9. The Morgan fingerprint density at radius 3 is 2.59 bits per heavy atom. The van der Waals surface area contributed by atoms with Crippen LogP contribution in [0.3, 0.4) is 0 Å². The largest absolute Gasteiger partial charge is 0.355 e. The lowest BCUT2D eigenvalue weighted by Gasteiger charge is -2.02. The molecule has 0 radical (unpaired) electrons. The first-order chi connectivity index (χ1) is 13.1. The van der Waals surface area contributed by atoms with Crippen molar-refractivity contribution in [1.29, 1.82) is 0 Å². The van der Waals surface area contributed by atoms with E-state index in [0.717, 1.165) is 21.8 Å². The number of para-hydroxylation sites is 1. The molecule has 0 saturated heterocycles. The molecule has 2 amide bonds. The smallest absolute Gasteiger partial charge is 0.244 e. The molecule has 0 fully saturated rings. The van der Waals surface area contributed by atoms with Crippen LogP contribution in [0.2, 0.25) is 0 Å². The second kappa shape index (κ2) is 8.95. The van der Waals surface area contributed by atoms with E-state index in [-0.39, 0.29) is 11.8 Å². The standard InChI is InChI=1S/C20H20N4O2S/c1-15(25)21-11-12-22-19(26)10-9-16-14-24(17-6-3-2-4-7-17)23-20(16)18-8-5-13-27-18/h2-10,13-14H,11-12H2,1H3,(H,21,25)(H,22,26)/b10-9+. The number of amides is 2. The summed E-state index contributed by atoms with van der Waals surface area (Å²) >= 11 is 1.60. The van der Waals surface area contributed by atoms with Gasteiger partial charge in [0.15, 0.2) is 0 Å². The highest BCUT2D eigenvalue weighted by Gasteiger charge is 2.11. The zero-order valence-corrected chi connectivity index (χ0v) is 15.7. The van der Waals surface area contributed by atoms with Crippen LogP contribution in [0.15, 0.2) is 60.1 Å². The van der Waals surface area contributed by atoms with E-state index in [1.807, 2.05) is 58.7 Å². The maximum Gasteiger partial charge on any atom is 0.244 e. The van der Waals surface area contributed by atoms with Crippen molar-refractivity contribution < 1.29 is 9.59 Å². The summed E-state index contributed by atoms with van der Waals surface area (Å²) in [5, 5.41) is 12.1. The summed E-state index contributed by atoms with van der Waals surface area (Å²) in [5.41, 5.74) is 2.64. The summed E-state index contributed by atoms with van der Waals surface area (Å²) in [5.74, 6) is -0.335. The summed E-state index contributed by atoms with van der Waals surface area (Å²) in [6, 6.07) is 13.8. The molecule has 3 rings (SSSR count). The SMILES string of the molecule is CC(=O)NCCNC(=O)/C=C/c1cn(-c2ccccc2)nc1-c1cccs1. The predicted octanol–water partition coefficient (Wildman–Crippen LogP) is 2.87. The highest BCUT2D eigenvalue weighted by Crippen LogP contribution is 2.28. The van der Waals surface area contributed by atoms with Gasteiger partial charge in [0.2, 0.25) is 11.8 Å². The number of thiophene rings is 1. The molecule has 0 spiro atoms. The van der Waals surface area contributed by atoms with Crippen molar-refractivity contribution in [2.24, 2.45) is 0 Å². The van der Waals surface area contributed by atoms with E-state index < -0.39 is 0 Å². The number of aromatic nitrogens is 2. The van der Waals surface area contributed by atoms with Crippen molar-refractivity contribution >= 4 is 29.2 Å². The summed E-state index contributed by atoms with van der Waals surface area (Å²) in [7, 11) is 0. The maximum atomic E-state index is 12.0. The van der Waals surface area contributed by atoms with Gasteiger partial charge in [0.05, 0.1) is 10.6 Å². The van der Waals surface area contributed by atoms with E-state index in [1.165, 1.54) is 13.0 Å². The number of nitrogens with zero attached hydrogens (tertiary/aromatic N) is 2. The Morgan fingerprint density at radius 2 is 1.89 bits per heavy atom. The molecule has 7 heteroatoms. The van der Waals surface area contributed by atoms with Crippen LogP contribution < -0.4 is 10.6 Å². The number of carbonyl (C=O) groups is 2. The molecule has 0 saturated carbocycles. The molecule has 0 bridgehead atoms. The second-order valence-corrected chi connectivity index (χ2v) is 6.75. The van der Waals surface area contributed by atoms with Gasteiger partial charge in [0.1, 0.15) is 5.69 Å². The van der Waals surface area contributed by atoms with Gasteiger partial charge in [0, 0.05) is 37.8 Å². The van der Waals surface area contributed by atoms with Crippen molar-refractivity contribution in [1.82, 2.24) is 20.4 Å². The Labute approximate surface area is 161 Å². The van der Waals surface area contributed by atoms with E-state index in [1.54, 1.807) is 17.4 Å². The van der Waals surface area contributed by atoms with Crippen LogP contribution in [-0.4, -0.2) is 34.7 Å². The molecular formula is C20H20N4O2S. The molecule has 1 aromatic carbocycles. The molecule has 3 aromatic rings. The van der Waals surface area contributed by atoms with Crippen LogP contribution in [0.25, 0.3) is 22.3 Å². The Morgan fingerprint density at radius 1 is 1.11 bits per heavy atom. The zero-order chi connectivity index (χ0) is 19.1. The first-order valence-electron chi connectivity index (χ1n) is 8.53. The molecule has 0 aliphatic heterocycles. The highest BCUT2D eigenvalue weighted by atomic mass is 32.1. The second-order valence-electron chi connectivity index (χ2n) is 5.80. The van der Waals surface area contributed by atoms with Crippen molar-refractivity contribution in [3.63, 3.8) is 0 Å². The van der Waals surface area contributed by atoms with E-state index in [0.29, 0.717) is 13.1 Å². The average molecular weight is 380 g/mol. The molecule has 0 atom stereocenters. The molecule has 0 aliphatic rings. The van der Waals surface area contributed by atoms with Gasteiger partial charge in [0.25, 0.3) is 0 Å². The summed E-state index contributed by atoms with van der Waals surface area (Å²) in [6.45, 7) is 2.23. The fraction of sp³-hybridized carbons (Fsp3) is 0.150. The van der Waals surface area contributed by atoms with Crippen LogP contribution in [-0.2, 0) is 9.59 Å². The fourth-order valence-corrected chi connectivity index (χ4v) is 3.21. The highest BCUT2D eigenvalue weighted by molar-refractivity contribution is 7.13. The molecule has 2 heterocycles. The van der Waals surface area contributed by atoms with E-state index in [9.17, 15) is 9.59 Å². The first kappa shape index (κ1) is 18.6. The molecule has 27 heavy (non-hydrogen) atoms. The topological polar surface area (TPSA) is 76.0 Å². The lowest BCUT2D eigenvalue weighted by Crippen LogP contribution is -2.32. The molecule has 2 N–H and O–H groups in total. The van der Waals surface area contributed by atoms with Crippen molar-refractivity contribution in [2.45, 2.75) is 6.92 Å². The third-order valence-corrected chi connectivity index (χ3v) is 4.61. The number of carbonyl (C=O) groups excluding carboxylic acids is 2. The van der Waals surface area contributed by atoms with Crippen molar-refractivity contribution in [2.75, 3.05) is 13.1 Å². The number of hydrogen-bond donors (Lipinski definition) is 2. The van der Waals surface area contributed by atoms with Gasteiger partial charge in [-0.05, 0) is 29.7 Å². The van der Waals surface area contributed by atoms with Gasteiger partial charge in [-0.25, -0.2) is 4.68 Å². The Balaban J connectivity index is 1.76. The molecule has 0 unspecified atom stereocenters.